The van der Waals surface area contributed by atoms with Gasteiger partial charge in [-0.25, -0.2) is 0 Å². The molecule has 4 nitrogen and oxygen atoms in total. The molecule has 0 spiro atoms. The first-order chi connectivity index (χ1) is 12.9. The molecule has 0 fully saturated rings. The van der Waals surface area contributed by atoms with E-state index in [1.165, 1.54) is 0 Å². The van der Waals surface area contributed by atoms with E-state index in [0.29, 0.717) is 23.8 Å². The van der Waals surface area contributed by atoms with Crippen LogP contribution in [0.5, 0.6) is 11.5 Å². The lowest BCUT2D eigenvalue weighted by Gasteiger charge is -2.21. The molecule has 2 aromatic rings. The Bertz CT molecular complexity index is 765. The van der Waals surface area contributed by atoms with Gasteiger partial charge in [0.2, 0.25) is 0 Å². The Balaban J connectivity index is 2.15. The molecule has 2 aromatic carbocycles. The molecule has 0 heterocycles. The summed E-state index contributed by atoms with van der Waals surface area (Å²) in [6.45, 7) is 10.5. The van der Waals surface area contributed by atoms with E-state index in [1.54, 1.807) is 19.2 Å². The zero-order valence-corrected chi connectivity index (χ0v) is 16.6. The average Bonchev–Trinajstić information content (AvgIpc) is 2.65. The van der Waals surface area contributed by atoms with Gasteiger partial charge in [-0.05, 0) is 60.7 Å². The van der Waals surface area contributed by atoms with Gasteiger partial charge in [-0.2, -0.15) is 0 Å². The molecule has 1 N–H and O–H groups in total. The van der Waals surface area contributed by atoms with Crippen LogP contribution in [-0.4, -0.2) is 19.6 Å². The van der Waals surface area contributed by atoms with Crippen LogP contribution in [0.1, 0.15) is 49.2 Å². The van der Waals surface area contributed by atoms with Gasteiger partial charge in [0.05, 0.1) is 13.2 Å². The number of hydrogen-bond acceptors (Lipinski definition) is 3. The summed E-state index contributed by atoms with van der Waals surface area (Å²) in [5.74, 6) is 1.80. The molecule has 0 bridgehead atoms. The molecule has 2 rings (SSSR count). The van der Waals surface area contributed by atoms with Crippen molar-refractivity contribution in [2.24, 2.45) is 5.92 Å². The first-order valence-electron chi connectivity index (χ1n) is 9.21. The molecule has 0 aliphatic rings. The van der Waals surface area contributed by atoms with E-state index >= 15 is 0 Å². The smallest absolute Gasteiger partial charge is 0.251 e. The van der Waals surface area contributed by atoms with Crippen LogP contribution in [0.2, 0.25) is 0 Å². The largest absolute Gasteiger partial charge is 0.497 e. The van der Waals surface area contributed by atoms with Crippen molar-refractivity contribution in [2.75, 3.05) is 13.7 Å². The molecule has 4 heteroatoms. The molecule has 0 aliphatic heterocycles. The molecular formula is C23H29NO3. The Morgan fingerprint density at radius 2 is 1.81 bits per heavy atom. The molecule has 27 heavy (non-hydrogen) atoms. The summed E-state index contributed by atoms with van der Waals surface area (Å²) in [6, 6.07) is 15.0. The third-order valence-corrected chi connectivity index (χ3v) is 4.11. The number of methoxy groups -OCH3 is 1. The van der Waals surface area contributed by atoms with E-state index in [-0.39, 0.29) is 11.9 Å². The van der Waals surface area contributed by atoms with Crippen LogP contribution in [0, 0.1) is 5.92 Å². The van der Waals surface area contributed by atoms with Crippen molar-refractivity contribution in [3.8, 4) is 11.5 Å². The molecule has 144 valence electrons. The summed E-state index contributed by atoms with van der Waals surface area (Å²) < 4.78 is 10.9. The number of nitrogens with one attached hydrogen (secondary N) is 1. The van der Waals surface area contributed by atoms with Crippen molar-refractivity contribution in [2.45, 2.75) is 33.2 Å². The maximum atomic E-state index is 12.8. The lowest BCUT2D eigenvalue weighted by Crippen LogP contribution is -2.29. The Morgan fingerprint density at radius 3 is 2.41 bits per heavy atom. The second-order valence-corrected chi connectivity index (χ2v) is 7.20. The van der Waals surface area contributed by atoms with E-state index in [2.05, 4.69) is 25.7 Å². The van der Waals surface area contributed by atoms with Crippen molar-refractivity contribution in [3.63, 3.8) is 0 Å². The monoisotopic (exact) mass is 367 g/mol. The topological polar surface area (TPSA) is 47.6 Å². The fourth-order valence-corrected chi connectivity index (χ4v) is 2.76. The Hall–Kier alpha value is -2.75. The van der Waals surface area contributed by atoms with Crippen molar-refractivity contribution in [1.29, 1.82) is 0 Å². The minimum atomic E-state index is -0.114. The van der Waals surface area contributed by atoms with Gasteiger partial charge < -0.3 is 14.8 Å². The molecular weight excluding hydrogens is 338 g/mol. The van der Waals surface area contributed by atoms with Crippen LogP contribution in [0.25, 0.3) is 0 Å². The number of hydrogen-bond donors (Lipinski definition) is 1. The second kappa shape index (κ2) is 9.81. The SMILES string of the molecule is C=C(C)COc1cccc(C(=O)NC(CC(C)C)c2ccc(OC)cc2)c1. The molecule has 0 saturated heterocycles. The Kier molecular flexibility index (Phi) is 7.47. The van der Waals surface area contributed by atoms with Crippen LogP contribution in [0.4, 0.5) is 0 Å². The molecule has 0 radical (unpaired) electrons. The third kappa shape index (κ3) is 6.48. The number of amides is 1. The van der Waals surface area contributed by atoms with Crippen LogP contribution in [0.15, 0.2) is 60.7 Å². The van der Waals surface area contributed by atoms with Gasteiger partial charge in [0, 0.05) is 5.56 Å². The van der Waals surface area contributed by atoms with Gasteiger partial charge in [-0.1, -0.05) is 38.6 Å². The molecule has 0 aliphatic carbocycles. The van der Waals surface area contributed by atoms with Crippen LogP contribution in [0.3, 0.4) is 0 Å². The summed E-state index contributed by atoms with van der Waals surface area (Å²) in [4.78, 5) is 12.8. The van der Waals surface area contributed by atoms with E-state index < -0.39 is 0 Å². The number of rotatable bonds is 9. The fourth-order valence-electron chi connectivity index (χ4n) is 2.76. The van der Waals surface area contributed by atoms with Crippen molar-refractivity contribution >= 4 is 5.91 Å². The van der Waals surface area contributed by atoms with E-state index in [9.17, 15) is 4.79 Å². The van der Waals surface area contributed by atoms with Gasteiger partial charge >= 0.3 is 0 Å². The molecule has 1 atom stereocenters. The summed E-state index contributed by atoms with van der Waals surface area (Å²) in [5, 5.41) is 3.16. The zero-order chi connectivity index (χ0) is 19.8. The Labute approximate surface area is 162 Å². The second-order valence-electron chi connectivity index (χ2n) is 7.20. The first-order valence-corrected chi connectivity index (χ1v) is 9.21. The van der Waals surface area contributed by atoms with Crippen molar-refractivity contribution < 1.29 is 14.3 Å². The van der Waals surface area contributed by atoms with Crippen LogP contribution < -0.4 is 14.8 Å². The summed E-state index contributed by atoms with van der Waals surface area (Å²) in [7, 11) is 1.64. The molecule has 1 amide bonds. The number of benzene rings is 2. The summed E-state index contributed by atoms with van der Waals surface area (Å²) >= 11 is 0. The van der Waals surface area contributed by atoms with Crippen molar-refractivity contribution in [3.05, 3.63) is 71.8 Å². The lowest BCUT2D eigenvalue weighted by atomic mass is 9.96. The number of carbonyl (C=O) groups excluding carboxylic acids is 1. The predicted octanol–water partition coefficient (Wildman–Crippen LogP) is 5.17. The highest BCUT2D eigenvalue weighted by Gasteiger charge is 2.18. The third-order valence-electron chi connectivity index (χ3n) is 4.11. The van der Waals surface area contributed by atoms with Gasteiger partial charge in [-0.15, -0.1) is 0 Å². The first kappa shape index (κ1) is 20.6. The van der Waals surface area contributed by atoms with Crippen molar-refractivity contribution in [1.82, 2.24) is 5.32 Å². The maximum Gasteiger partial charge on any atom is 0.251 e. The van der Waals surface area contributed by atoms with Crippen LogP contribution >= 0.6 is 0 Å². The normalized spacial score (nSPS) is 11.7. The summed E-state index contributed by atoms with van der Waals surface area (Å²) in [5.41, 5.74) is 2.57. The van der Waals surface area contributed by atoms with Gasteiger partial charge in [0.25, 0.3) is 5.91 Å². The highest BCUT2D eigenvalue weighted by atomic mass is 16.5. The number of carbonyl (C=O) groups is 1. The lowest BCUT2D eigenvalue weighted by molar-refractivity contribution is 0.0931. The minimum absolute atomic E-state index is 0.0663. The average molecular weight is 367 g/mol. The predicted molar refractivity (Wildman–Crippen MR) is 109 cm³/mol. The van der Waals surface area contributed by atoms with E-state index in [1.807, 2.05) is 43.3 Å². The molecule has 0 aromatic heterocycles. The van der Waals surface area contributed by atoms with E-state index in [4.69, 9.17) is 9.47 Å². The zero-order valence-electron chi connectivity index (χ0n) is 16.6. The molecule has 1 unspecified atom stereocenters. The Morgan fingerprint density at radius 1 is 1.11 bits per heavy atom. The number of ether oxygens (including phenoxy) is 2. The quantitative estimate of drug-likeness (QED) is 0.622. The van der Waals surface area contributed by atoms with E-state index in [0.717, 1.165) is 23.3 Å². The fraction of sp³-hybridized carbons (Fsp3) is 0.348. The standard InChI is InChI=1S/C23H29NO3/c1-16(2)13-22(18-9-11-20(26-5)12-10-18)24-23(25)19-7-6-8-21(14-19)27-15-17(3)4/h6-12,14,16,22H,3,13,15H2,1-2,4-5H3,(H,24,25). The summed E-state index contributed by atoms with van der Waals surface area (Å²) in [6.07, 6.45) is 0.851. The molecule has 0 saturated carbocycles. The van der Waals surface area contributed by atoms with Gasteiger partial charge in [0.15, 0.2) is 0 Å². The maximum absolute atomic E-state index is 12.8. The highest BCUT2D eigenvalue weighted by Crippen LogP contribution is 2.24. The minimum Gasteiger partial charge on any atom is -0.497 e. The van der Waals surface area contributed by atoms with Gasteiger partial charge in [0.1, 0.15) is 18.1 Å². The highest BCUT2D eigenvalue weighted by molar-refractivity contribution is 5.94. The van der Waals surface area contributed by atoms with Crippen LogP contribution in [-0.2, 0) is 0 Å². The van der Waals surface area contributed by atoms with Gasteiger partial charge in [-0.3, -0.25) is 4.79 Å².